The zero-order valence-corrected chi connectivity index (χ0v) is 13.5. The predicted octanol–water partition coefficient (Wildman–Crippen LogP) is 0.857. The van der Waals surface area contributed by atoms with Crippen LogP contribution in [-0.4, -0.2) is 50.1 Å². The smallest absolute Gasteiger partial charge is 0.352 e. The molecule has 1 fully saturated rings. The second-order valence-electron chi connectivity index (χ2n) is 4.98. The van der Waals surface area contributed by atoms with E-state index < -0.39 is 40.7 Å². The third-order valence-corrected chi connectivity index (χ3v) is 4.95. The van der Waals surface area contributed by atoms with Gasteiger partial charge in [0.1, 0.15) is 22.9 Å². The van der Waals surface area contributed by atoms with Crippen LogP contribution in [0.1, 0.15) is 13.3 Å². The molecule has 24 heavy (non-hydrogen) atoms. The van der Waals surface area contributed by atoms with Gasteiger partial charge in [0.15, 0.2) is 0 Å². The SMILES string of the molecule is C=CC1=C(C(=O)O)N2C(=O)[C@@H](NC(=O)/C(N=O)=C(\O)CC)[C@H]2SC1. The van der Waals surface area contributed by atoms with Crippen LogP contribution in [-0.2, 0) is 14.4 Å². The molecule has 3 N–H and O–H groups in total. The van der Waals surface area contributed by atoms with E-state index in [1.807, 2.05) is 0 Å². The Labute approximate surface area is 141 Å². The lowest BCUT2D eigenvalue weighted by Gasteiger charge is -2.49. The van der Waals surface area contributed by atoms with Crippen LogP contribution >= 0.6 is 11.8 Å². The highest BCUT2D eigenvalue weighted by Gasteiger charge is 2.54. The number of allylic oxidation sites excluding steroid dienone is 2. The molecule has 0 aromatic carbocycles. The van der Waals surface area contributed by atoms with Crippen molar-refractivity contribution in [3.63, 3.8) is 0 Å². The van der Waals surface area contributed by atoms with E-state index in [2.05, 4.69) is 17.1 Å². The molecule has 2 rings (SSSR count). The average molecular weight is 353 g/mol. The number of fused-ring (bicyclic) bond motifs is 1. The molecule has 0 bridgehead atoms. The maximum atomic E-state index is 12.2. The number of aliphatic hydroxyl groups excluding tert-OH is 1. The van der Waals surface area contributed by atoms with E-state index in [4.69, 9.17) is 0 Å². The number of carbonyl (C=O) groups is 3. The summed E-state index contributed by atoms with van der Waals surface area (Å²) in [5.41, 5.74) is -0.434. The van der Waals surface area contributed by atoms with Crippen LogP contribution in [0.25, 0.3) is 0 Å². The number of hydrogen-bond acceptors (Lipinski definition) is 7. The second kappa shape index (κ2) is 6.87. The van der Waals surface area contributed by atoms with Crippen LogP contribution < -0.4 is 5.32 Å². The van der Waals surface area contributed by atoms with Gasteiger partial charge in [-0.3, -0.25) is 14.5 Å². The van der Waals surface area contributed by atoms with Gasteiger partial charge in [0, 0.05) is 12.2 Å². The Balaban J connectivity index is 2.21. The zero-order chi connectivity index (χ0) is 18.0. The number of aliphatic carboxylic acids is 1. The Hall–Kier alpha value is -2.62. The van der Waals surface area contributed by atoms with Crippen LogP contribution in [0.5, 0.6) is 0 Å². The number of rotatable bonds is 6. The zero-order valence-electron chi connectivity index (χ0n) is 12.7. The fourth-order valence-corrected chi connectivity index (χ4v) is 3.74. The molecule has 2 atom stereocenters. The van der Waals surface area contributed by atoms with Crippen molar-refractivity contribution in [3.05, 3.63) is 40.3 Å². The largest absolute Gasteiger partial charge is 0.510 e. The van der Waals surface area contributed by atoms with E-state index in [9.17, 15) is 29.5 Å². The first kappa shape index (κ1) is 17.7. The molecule has 0 aromatic heterocycles. The molecular weight excluding hydrogens is 338 g/mol. The Kier molecular flexibility index (Phi) is 5.07. The highest BCUT2D eigenvalue weighted by atomic mass is 32.2. The van der Waals surface area contributed by atoms with Gasteiger partial charge in [-0.2, -0.15) is 0 Å². The molecule has 128 valence electrons. The topological polar surface area (TPSA) is 136 Å². The number of carbonyl (C=O) groups excluding carboxylic acids is 2. The summed E-state index contributed by atoms with van der Waals surface area (Å²) in [6, 6.07) is -0.996. The number of nitrogens with zero attached hydrogens (tertiary/aromatic N) is 2. The molecule has 0 spiro atoms. The number of thioether (sulfide) groups is 1. The molecular formula is C14H15N3O6S. The third-order valence-electron chi connectivity index (χ3n) is 3.65. The molecule has 2 aliphatic heterocycles. The first-order valence-corrected chi connectivity index (χ1v) is 8.02. The van der Waals surface area contributed by atoms with E-state index in [1.165, 1.54) is 24.8 Å². The molecule has 9 nitrogen and oxygen atoms in total. The average Bonchev–Trinajstić information content (AvgIpc) is 2.58. The molecule has 0 aliphatic carbocycles. The Morgan fingerprint density at radius 2 is 2.17 bits per heavy atom. The fraction of sp³-hybridized carbons (Fsp3) is 0.357. The first-order valence-electron chi connectivity index (χ1n) is 6.97. The Morgan fingerprint density at radius 1 is 1.50 bits per heavy atom. The quantitative estimate of drug-likeness (QED) is 0.279. The fourth-order valence-electron chi connectivity index (χ4n) is 2.40. The summed E-state index contributed by atoms with van der Waals surface area (Å²) in [5.74, 6) is -3.01. The number of amides is 2. The lowest BCUT2D eigenvalue weighted by atomic mass is 10.0. The van der Waals surface area contributed by atoms with Gasteiger partial charge in [-0.25, -0.2) is 4.79 Å². The summed E-state index contributed by atoms with van der Waals surface area (Å²) in [7, 11) is 0. The molecule has 0 saturated carbocycles. The summed E-state index contributed by atoms with van der Waals surface area (Å²) < 4.78 is 0. The number of hydrogen-bond donors (Lipinski definition) is 3. The van der Waals surface area contributed by atoms with Crippen molar-refractivity contribution in [1.29, 1.82) is 0 Å². The summed E-state index contributed by atoms with van der Waals surface area (Å²) >= 11 is 1.26. The van der Waals surface area contributed by atoms with Crippen LogP contribution in [0.3, 0.4) is 0 Å². The lowest BCUT2D eigenvalue weighted by molar-refractivity contribution is -0.150. The summed E-state index contributed by atoms with van der Waals surface area (Å²) in [6.07, 6.45) is 1.41. The molecule has 0 unspecified atom stereocenters. The normalized spacial score (nSPS) is 23.7. The van der Waals surface area contributed by atoms with Crippen LogP contribution in [0.2, 0.25) is 0 Å². The number of nitroso groups, excluding NO2 is 1. The first-order chi connectivity index (χ1) is 11.4. The Morgan fingerprint density at radius 3 is 2.67 bits per heavy atom. The van der Waals surface area contributed by atoms with Gasteiger partial charge >= 0.3 is 5.97 Å². The molecule has 0 radical (unpaired) electrons. The molecule has 2 amide bonds. The van der Waals surface area contributed by atoms with Crippen molar-refractivity contribution in [2.75, 3.05) is 5.75 Å². The monoisotopic (exact) mass is 353 g/mol. The van der Waals surface area contributed by atoms with Gasteiger partial charge in [0.25, 0.3) is 11.8 Å². The lowest BCUT2D eigenvalue weighted by Crippen LogP contribution is -2.70. The maximum absolute atomic E-state index is 12.2. The highest BCUT2D eigenvalue weighted by Crippen LogP contribution is 2.40. The number of aliphatic hydroxyl groups is 1. The molecule has 2 heterocycles. The van der Waals surface area contributed by atoms with Crippen LogP contribution in [0.15, 0.2) is 40.6 Å². The van der Waals surface area contributed by atoms with Gasteiger partial charge < -0.3 is 15.5 Å². The maximum Gasteiger partial charge on any atom is 0.352 e. The molecule has 1 saturated heterocycles. The van der Waals surface area contributed by atoms with Crippen molar-refractivity contribution in [2.24, 2.45) is 5.18 Å². The number of nitrogens with one attached hydrogen (secondary N) is 1. The van der Waals surface area contributed by atoms with E-state index in [0.717, 1.165) is 4.90 Å². The molecule has 2 aliphatic rings. The number of carboxylic acids is 1. The molecule has 0 aromatic rings. The number of carboxylic acid groups (broad SMARTS) is 1. The summed E-state index contributed by atoms with van der Waals surface area (Å²) in [4.78, 5) is 47.4. The summed E-state index contributed by atoms with van der Waals surface area (Å²) in [5, 5.41) is 23.0. The van der Waals surface area contributed by atoms with Gasteiger partial charge in [-0.1, -0.05) is 19.6 Å². The van der Waals surface area contributed by atoms with E-state index >= 15 is 0 Å². The minimum Gasteiger partial charge on any atom is -0.510 e. The molecule has 10 heteroatoms. The van der Waals surface area contributed by atoms with Gasteiger partial charge in [0.05, 0.1) is 0 Å². The van der Waals surface area contributed by atoms with Crippen molar-refractivity contribution in [1.82, 2.24) is 10.2 Å². The van der Waals surface area contributed by atoms with Crippen molar-refractivity contribution in [2.45, 2.75) is 24.8 Å². The van der Waals surface area contributed by atoms with E-state index in [-0.39, 0.29) is 12.1 Å². The summed E-state index contributed by atoms with van der Waals surface area (Å²) in [6.45, 7) is 5.06. The highest BCUT2D eigenvalue weighted by molar-refractivity contribution is 8.00. The van der Waals surface area contributed by atoms with Crippen molar-refractivity contribution < 1.29 is 24.6 Å². The number of β-lactam (4-membered cyclic amide) rings is 1. The predicted molar refractivity (Wildman–Crippen MR) is 85.6 cm³/mol. The van der Waals surface area contributed by atoms with Crippen LogP contribution in [0, 0.1) is 4.91 Å². The van der Waals surface area contributed by atoms with E-state index in [1.54, 1.807) is 0 Å². The standard InChI is InChI=1S/C14H15N3O6S/c1-3-6-5-24-13-9(12(20)17(13)10(6)14(21)22)15-11(19)8(16-23)7(18)4-2/h3,9,13,18H,1,4-5H2,2H3,(H,15,19)(H,21,22)/b8-7+/t9-,13-/m1/s1. The second-order valence-corrected chi connectivity index (χ2v) is 6.09. The van der Waals surface area contributed by atoms with Crippen molar-refractivity contribution in [3.8, 4) is 0 Å². The van der Waals surface area contributed by atoms with Crippen molar-refractivity contribution >= 4 is 29.5 Å². The van der Waals surface area contributed by atoms with Gasteiger partial charge in [0.2, 0.25) is 5.70 Å². The van der Waals surface area contributed by atoms with E-state index in [0.29, 0.717) is 11.3 Å². The minimum atomic E-state index is -1.26. The Bertz CT molecular complexity index is 699. The third kappa shape index (κ3) is 2.80. The minimum absolute atomic E-state index is 0.0337. The van der Waals surface area contributed by atoms with Gasteiger partial charge in [-0.05, 0) is 10.7 Å². The van der Waals surface area contributed by atoms with Crippen LogP contribution in [0.4, 0.5) is 0 Å². The van der Waals surface area contributed by atoms with Gasteiger partial charge in [-0.15, -0.1) is 16.7 Å².